The van der Waals surface area contributed by atoms with Gasteiger partial charge in [-0.3, -0.25) is 9.69 Å². The van der Waals surface area contributed by atoms with E-state index in [1.807, 2.05) is 35.2 Å². The van der Waals surface area contributed by atoms with Gasteiger partial charge in [-0.25, -0.2) is 9.36 Å². The Morgan fingerprint density at radius 3 is 2.80 bits per heavy atom. The van der Waals surface area contributed by atoms with Gasteiger partial charge in [-0.1, -0.05) is 6.07 Å². The molecule has 1 fully saturated rings. The van der Waals surface area contributed by atoms with Crippen molar-refractivity contribution in [3.8, 4) is 0 Å². The number of carbonyl (C=O) groups excluding carboxylic acids is 1. The lowest BCUT2D eigenvalue weighted by Crippen LogP contribution is -2.68. The summed E-state index contributed by atoms with van der Waals surface area (Å²) < 4.78 is 1.89. The highest BCUT2D eigenvalue weighted by atomic mass is 32.2. The minimum Gasteiger partial charge on any atom is -0.477 e. The van der Waals surface area contributed by atoms with Gasteiger partial charge in [0, 0.05) is 23.5 Å². The first-order valence-corrected chi connectivity index (χ1v) is 7.24. The Labute approximate surface area is 119 Å². The number of β-lactam (4-membered cyclic amide) rings is 1. The van der Waals surface area contributed by atoms with E-state index in [0.29, 0.717) is 12.3 Å². The van der Waals surface area contributed by atoms with E-state index < -0.39 is 12.0 Å². The molecule has 2 atom stereocenters. The average Bonchev–Trinajstić information content (AvgIpc) is 2.46. The van der Waals surface area contributed by atoms with Crippen LogP contribution in [-0.4, -0.2) is 39.1 Å². The number of aliphatic carboxylic acids is 1. The molecule has 6 nitrogen and oxygen atoms in total. The van der Waals surface area contributed by atoms with Gasteiger partial charge in [-0.15, -0.1) is 11.8 Å². The van der Waals surface area contributed by atoms with Crippen LogP contribution < -0.4 is 10.3 Å². The first-order chi connectivity index (χ1) is 9.59. The van der Waals surface area contributed by atoms with Crippen molar-refractivity contribution in [1.82, 2.24) is 4.90 Å². The molecule has 0 aliphatic carbocycles. The molecule has 3 rings (SSSR count). The molecule has 3 heterocycles. The number of nitrogens with zero attached hydrogens (tertiary/aromatic N) is 2. The maximum absolute atomic E-state index is 11.8. The van der Waals surface area contributed by atoms with Crippen LogP contribution in [0.4, 0.5) is 0 Å². The van der Waals surface area contributed by atoms with Gasteiger partial charge in [0.15, 0.2) is 18.9 Å². The molecule has 2 aliphatic heterocycles. The largest absolute Gasteiger partial charge is 0.477 e. The first-order valence-electron chi connectivity index (χ1n) is 6.19. The Balaban J connectivity index is 1.94. The Hall–Kier alpha value is -1.86. The van der Waals surface area contributed by atoms with Crippen molar-refractivity contribution in [3.05, 3.63) is 41.9 Å². The molecule has 1 aromatic rings. The standard InChI is InChI=1S/C13H13N3O3S/c14-9-11(17)16-10(13(18)19)8(7-20-12(9)16)6-15-4-2-1-3-5-15/h1-5,9,12H,6-7,14H2/p+1/t9-,12-/m1/s1. The zero-order valence-corrected chi connectivity index (χ0v) is 11.4. The molecule has 104 valence electrons. The second-order valence-electron chi connectivity index (χ2n) is 4.74. The smallest absolute Gasteiger partial charge is 0.352 e. The minimum absolute atomic E-state index is 0.0943. The van der Waals surface area contributed by atoms with Crippen molar-refractivity contribution < 1.29 is 19.3 Å². The van der Waals surface area contributed by atoms with E-state index in [9.17, 15) is 14.7 Å². The molecule has 0 spiro atoms. The van der Waals surface area contributed by atoms with E-state index >= 15 is 0 Å². The highest BCUT2D eigenvalue weighted by Crippen LogP contribution is 2.39. The number of carboxylic acids is 1. The molecular weight excluding hydrogens is 278 g/mol. The third kappa shape index (κ3) is 1.99. The molecule has 1 aromatic heterocycles. The molecule has 20 heavy (non-hydrogen) atoms. The van der Waals surface area contributed by atoms with Crippen molar-refractivity contribution in [3.63, 3.8) is 0 Å². The van der Waals surface area contributed by atoms with Crippen LogP contribution in [0.15, 0.2) is 41.9 Å². The average molecular weight is 292 g/mol. The summed E-state index contributed by atoms with van der Waals surface area (Å²) in [5, 5.41) is 9.16. The van der Waals surface area contributed by atoms with Crippen molar-refractivity contribution in [2.45, 2.75) is 18.0 Å². The summed E-state index contributed by atoms with van der Waals surface area (Å²) in [6, 6.07) is 5.07. The van der Waals surface area contributed by atoms with E-state index in [1.165, 1.54) is 16.7 Å². The number of pyridine rings is 1. The number of nitrogens with two attached hydrogens (primary N) is 1. The number of fused-ring (bicyclic) bond motifs is 1. The van der Waals surface area contributed by atoms with Crippen molar-refractivity contribution >= 4 is 23.6 Å². The fourth-order valence-corrected chi connectivity index (χ4v) is 3.74. The molecule has 1 amide bonds. The van der Waals surface area contributed by atoms with Crippen LogP contribution in [0, 0.1) is 0 Å². The Morgan fingerprint density at radius 2 is 2.15 bits per heavy atom. The van der Waals surface area contributed by atoms with Gasteiger partial charge < -0.3 is 10.8 Å². The molecule has 0 radical (unpaired) electrons. The van der Waals surface area contributed by atoms with Crippen LogP contribution in [0.3, 0.4) is 0 Å². The van der Waals surface area contributed by atoms with E-state index in [-0.39, 0.29) is 17.0 Å². The summed E-state index contributed by atoms with van der Waals surface area (Å²) in [6.45, 7) is 0.460. The minimum atomic E-state index is -1.07. The second kappa shape index (κ2) is 4.92. The summed E-state index contributed by atoms with van der Waals surface area (Å²) in [5.74, 6) is -0.802. The van der Waals surface area contributed by atoms with Gasteiger partial charge in [0.1, 0.15) is 17.1 Å². The number of hydrogen-bond acceptors (Lipinski definition) is 4. The normalized spacial score (nSPS) is 25.2. The zero-order valence-electron chi connectivity index (χ0n) is 10.6. The maximum Gasteiger partial charge on any atom is 0.352 e. The first kappa shape index (κ1) is 13.1. The number of thioether (sulfide) groups is 1. The van der Waals surface area contributed by atoms with Gasteiger partial charge >= 0.3 is 5.97 Å². The third-order valence-corrected chi connectivity index (χ3v) is 4.80. The number of rotatable bonds is 3. The van der Waals surface area contributed by atoms with E-state index in [2.05, 4.69) is 0 Å². The summed E-state index contributed by atoms with van der Waals surface area (Å²) in [4.78, 5) is 24.6. The van der Waals surface area contributed by atoms with Crippen molar-refractivity contribution in [2.24, 2.45) is 5.73 Å². The third-order valence-electron chi connectivity index (χ3n) is 3.44. The highest BCUT2D eigenvalue weighted by molar-refractivity contribution is 8.00. The summed E-state index contributed by atoms with van der Waals surface area (Å²) >= 11 is 1.52. The molecule has 0 aromatic carbocycles. The van der Waals surface area contributed by atoms with Crippen LogP contribution in [0.5, 0.6) is 0 Å². The predicted molar refractivity (Wildman–Crippen MR) is 72.4 cm³/mol. The van der Waals surface area contributed by atoms with Gasteiger partial charge in [0.2, 0.25) is 5.91 Å². The lowest BCUT2D eigenvalue weighted by atomic mass is 10.0. The van der Waals surface area contributed by atoms with Crippen LogP contribution >= 0.6 is 11.8 Å². The van der Waals surface area contributed by atoms with Crippen molar-refractivity contribution in [1.29, 1.82) is 0 Å². The molecule has 3 N–H and O–H groups in total. The lowest BCUT2D eigenvalue weighted by molar-refractivity contribution is -0.689. The van der Waals surface area contributed by atoms with Gasteiger partial charge in [-0.05, 0) is 0 Å². The molecular formula is C13H14N3O3S+. The number of aromatic nitrogens is 1. The van der Waals surface area contributed by atoms with Gasteiger partial charge in [0.05, 0.1) is 0 Å². The Morgan fingerprint density at radius 1 is 1.45 bits per heavy atom. The Bertz CT molecular complexity index is 602. The zero-order chi connectivity index (χ0) is 14.3. The lowest BCUT2D eigenvalue weighted by Gasteiger charge is -2.47. The van der Waals surface area contributed by atoms with E-state index in [0.717, 1.165) is 5.57 Å². The molecule has 0 saturated carbocycles. The monoisotopic (exact) mass is 292 g/mol. The van der Waals surface area contributed by atoms with Crippen LogP contribution in [0.1, 0.15) is 0 Å². The number of carbonyl (C=O) groups is 2. The van der Waals surface area contributed by atoms with E-state index in [1.54, 1.807) is 0 Å². The van der Waals surface area contributed by atoms with Crippen LogP contribution in [0.25, 0.3) is 0 Å². The molecule has 0 unspecified atom stereocenters. The molecule has 1 saturated heterocycles. The summed E-state index contributed by atoms with van der Waals surface area (Å²) in [6.07, 6.45) is 3.74. The summed E-state index contributed by atoms with van der Waals surface area (Å²) in [5.41, 5.74) is 6.53. The van der Waals surface area contributed by atoms with Crippen LogP contribution in [-0.2, 0) is 16.1 Å². The van der Waals surface area contributed by atoms with Gasteiger partial charge in [-0.2, -0.15) is 0 Å². The number of amides is 1. The Kier molecular flexibility index (Phi) is 3.23. The second-order valence-corrected chi connectivity index (χ2v) is 5.85. The van der Waals surface area contributed by atoms with E-state index in [4.69, 9.17) is 5.73 Å². The van der Waals surface area contributed by atoms with Crippen LogP contribution in [0.2, 0.25) is 0 Å². The maximum atomic E-state index is 11.8. The fourth-order valence-electron chi connectivity index (χ4n) is 2.46. The fraction of sp³-hybridized carbons (Fsp3) is 0.308. The topological polar surface area (TPSA) is 87.5 Å². The molecule has 0 bridgehead atoms. The van der Waals surface area contributed by atoms with Gasteiger partial charge in [0.25, 0.3) is 0 Å². The SMILES string of the molecule is N[C@@H]1C(=O)N2C(C(=O)O)=C(C[n+]3ccccc3)CS[C@H]12. The van der Waals surface area contributed by atoms with Crippen molar-refractivity contribution in [2.75, 3.05) is 5.75 Å². The molecule has 7 heteroatoms. The number of carboxylic acid groups (broad SMARTS) is 1. The quantitative estimate of drug-likeness (QED) is 0.582. The predicted octanol–water partition coefficient (Wildman–Crippen LogP) is -0.445. The summed E-state index contributed by atoms with van der Waals surface area (Å²) in [7, 11) is 0. The molecule has 2 aliphatic rings. The highest BCUT2D eigenvalue weighted by Gasteiger charge is 2.52. The number of hydrogen-bond donors (Lipinski definition) is 2.